The molecule has 5 heteroatoms. The number of thiazole rings is 1. The van der Waals surface area contributed by atoms with E-state index in [9.17, 15) is 4.79 Å². The van der Waals surface area contributed by atoms with Gasteiger partial charge in [0.15, 0.2) is 5.78 Å². The number of nitrogens with zero attached hydrogens (tertiary/aromatic N) is 3. The van der Waals surface area contributed by atoms with Crippen molar-refractivity contribution in [3.63, 3.8) is 0 Å². The number of carbonyl (C=O) groups is 1. The molecule has 0 N–H and O–H groups in total. The Balaban J connectivity index is 1.73. The van der Waals surface area contributed by atoms with Gasteiger partial charge in [-0.2, -0.15) is 5.10 Å². The summed E-state index contributed by atoms with van der Waals surface area (Å²) in [5, 5.41) is 6.91. The predicted octanol–water partition coefficient (Wildman–Crippen LogP) is 3.92. The molecule has 0 atom stereocenters. The van der Waals surface area contributed by atoms with E-state index in [2.05, 4.69) is 10.1 Å². The second-order valence-electron chi connectivity index (χ2n) is 4.72. The molecule has 0 unspecified atom stereocenters. The molecule has 0 aliphatic carbocycles. The molecule has 0 saturated carbocycles. The fraction of sp³-hybridized carbons (Fsp3) is 0.118. The van der Waals surface area contributed by atoms with Crippen LogP contribution in [-0.4, -0.2) is 20.5 Å². The second kappa shape index (κ2) is 6.49. The topological polar surface area (TPSA) is 47.8 Å². The van der Waals surface area contributed by atoms with E-state index < -0.39 is 0 Å². The zero-order valence-electron chi connectivity index (χ0n) is 12.1. The number of rotatable bonds is 5. The van der Waals surface area contributed by atoms with Gasteiger partial charge in [-0.3, -0.25) is 9.48 Å². The minimum absolute atomic E-state index is 0.0591. The highest BCUT2D eigenvalue weighted by atomic mass is 32.1. The van der Waals surface area contributed by atoms with Gasteiger partial charge in [-0.15, -0.1) is 11.3 Å². The maximum absolute atomic E-state index is 12.1. The molecule has 22 heavy (non-hydrogen) atoms. The summed E-state index contributed by atoms with van der Waals surface area (Å²) in [6.07, 6.45) is 6.64. The van der Waals surface area contributed by atoms with E-state index in [-0.39, 0.29) is 5.78 Å². The predicted molar refractivity (Wildman–Crippen MR) is 88.8 cm³/mol. The first-order valence-corrected chi connectivity index (χ1v) is 7.90. The SMILES string of the molecule is CCn1cc(C(=O)/C=C/c2nc(-c3ccccc3)cs2)cn1. The third-order valence-corrected chi connectivity index (χ3v) is 4.02. The zero-order valence-corrected chi connectivity index (χ0v) is 13.0. The van der Waals surface area contributed by atoms with E-state index in [1.165, 1.54) is 11.3 Å². The molecule has 3 rings (SSSR count). The fourth-order valence-electron chi connectivity index (χ4n) is 2.01. The van der Waals surface area contributed by atoms with E-state index in [0.717, 1.165) is 22.8 Å². The summed E-state index contributed by atoms with van der Waals surface area (Å²) in [6, 6.07) is 9.99. The monoisotopic (exact) mass is 309 g/mol. The Morgan fingerprint density at radius 3 is 2.86 bits per heavy atom. The smallest absolute Gasteiger partial charge is 0.189 e. The van der Waals surface area contributed by atoms with Crippen LogP contribution in [0.1, 0.15) is 22.3 Å². The van der Waals surface area contributed by atoms with Crippen LogP contribution < -0.4 is 0 Å². The Bertz CT molecular complexity index is 802. The number of aromatic nitrogens is 3. The van der Waals surface area contributed by atoms with E-state index in [0.29, 0.717) is 5.56 Å². The van der Waals surface area contributed by atoms with Gasteiger partial charge in [0.05, 0.1) is 17.5 Å². The van der Waals surface area contributed by atoms with Gasteiger partial charge in [-0.05, 0) is 19.1 Å². The normalized spacial score (nSPS) is 11.1. The Labute approximate surface area is 132 Å². The number of ketones is 1. The third kappa shape index (κ3) is 3.20. The summed E-state index contributed by atoms with van der Waals surface area (Å²) in [7, 11) is 0. The molecule has 0 aliphatic heterocycles. The molecule has 3 aromatic rings. The highest BCUT2D eigenvalue weighted by Crippen LogP contribution is 2.22. The fourth-order valence-corrected chi connectivity index (χ4v) is 2.73. The molecular formula is C17H15N3OS. The standard InChI is InChI=1S/C17H15N3OS/c1-2-20-11-14(10-18-20)16(21)8-9-17-19-15(12-22-17)13-6-4-3-5-7-13/h3-12H,2H2,1H3/b9-8+. The molecule has 2 heterocycles. The quantitative estimate of drug-likeness (QED) is 0.530. The molecule has 4 nitrogen and oxygen atoms in total. The van der Waals surface area contributed by atoms with E-state index >= 15 is 0 Å². The first-order chi connectivity index (χ1) is 10.8. The summed E-state index contributed by atoms with van der Waals surface area (Å²) in [5.74, 6) is -0.0591. The second-order valence-corrected chi connectivity index (χ2v) is 5.61. The van der Waals surface area contributed by atoms with Crippen molar-refractivity contribution in [2.24, 2.45) is 0 Å². The van der Waals surface area contributed by atoms with Crippen molar-refractivity contribution in [2.75, 3.05) is 0 Å². The molecular weight excluding hydrogens is 294 g/mol. The van der Waals surface area contributed by atoms with Crippen molar-refractivity contribution in [1.82, 2.24) is 14.8 Å². The van der Waals surface area contributed by atoms with E-state index in [1.54, 1.807) is 29.2 Å². The highest BCUT2D eigenvalue weighted by molar-refractivity contribution is 7.10. The first-order valence-electron chi connectivity index (χ1n) is 7.02. The average Bonchev–Trinajstić information content (AvgIpc) is 3.22. The van der Waals surface area contributed by atoms with Gasteiger partial charge in [-0.25, -0.2) is 4.98 Å². The van der Waals surface area contributed by atoms with Crippen molar-refractivity contribution >= 4 is 23.2 Å². The Morgan fingerprint density at radius 2 is 2.14 bits per heavy atom. The van der Waals surface area contributed by atoms with Crippen LogP contribution in [0.4, 0.5) is 0 Å². The Kier molecular flexibility index (Phi) is 4.25. The van der Waals surface area contributed by atoms with Gasteiger partial charge in [0.2, 0.25) is 0 Å². The lowest BCUT2D eigenvalue weighted by Gasteiger charge is -1.93. The van der Waals surface area contributed by atoms with E-state index in [4.69, 9.17) is 0 Å². The highest BCUT2D eigenvalue weighted by Gasteiger charge is 2.06. The Morgan fingerprint density at radius 1 is 1.32 bits per heavy atom. The Hall–Kier alpha value is -2.53. The van der Waals surface area contributed by atoms with E-state index in [1.807, 2.05) is 42.6 Å². The average molecular weight is 309 g/mol. The number of allylic oxidation sites excluding steroid dienone is 1. The van der Waals surface area contributed by atoms with Gasteiger partial charge < -0.3 is 0 Å². The molecule has 110 valence electrons. The van der Waals surface area contributed by atoms with Crippen LogP contribution in [0.2, 0.25) is 0 Å². The molecule has 0 fully saturated rings. The largest absolute Gasteiger partial charge is 0.289 e. The van der Waals surface area contributed by atoms with Crippen LogP contribution in [0.3, 0.4) is 0 Å². The van der Waals surface area contributed by atoms with Crippen molar-refractivity contribution < 1.29 is 4.79 Å². The third-order valence-electron chi connectivity index (χ3n) is 3.21. The molecule has 0 saturated heterocycles. The van der Waals surface area contributed by atoms with Crippen LogP contribution in [0.5, 0.6) is 0 Å². The van der Waals surface area contributed by atoms with Gasteiger partial charge in [0.25, 0.3) is 0 Å². The van der Waals surface area contributed by atoms with Crippen LogP contribution in [0, 0.1) is 0 Å². The van der Waals surface area contributed by atoms with Crippen LogP contribution in [0.15, 0.2) is 54.2 Å². The van der Waals surface area contributed by atoms with Gasteiger partial charge in [0.1, 0.15) is 5.01 Å². The van der Waals surface area contributed by atoms with Gasteiger partial charge in [0, 0.05) is 23.7 Å². The van der Waals surface area contributed by atoms with Crippen LogP contribution in [-0.2, 0) is 6.54 Å². The van der Waals surface area contributed by atoms with Crippen molar-refractivity contribution in [3.05, 3.63) is 64.8 Å². The van der Waals surface area contributed by atoms with Gasteiger partial charge in [-0.1, -0.05) is 30.3 Å². The first kappa shape index (κ1) is 14.4. The maximum atomic E-state index is 12.1. The summed E-state index contributed by atoms with van der Waals surface area (Å²) in [5.41, 5.74) is 2.60. The summed E-state index contributed by atoms with van der Waals surface area (Å²) in [6.45, 7) is 2.74. The molecule has 0 bridgehead atoms. The zero-order chi connectivity index (χ0) is 15.4. The minimum Gasteiger partial charge on any atom is -0.289 e. The lowest BCUT2D eigenvalue weighted by Crippen LogP contribution is -1.94. The molecule has 0 spiro atoms. The van der Waals surface area contributed by atoms with Crippen molar-refractivity contribution in [1.29, 1.82) is 0 Å². The molecule has 0 aliphatic rings. The van der Waals surface area contributed by atoms with Crippen molar-refractivity contribution in [3.8, 4) is 11.3 Å². The summed E-state index contributed by atoms with van der Waals surface area (Å²) >= 11 is 1.52. The lowest BCUT2D eigenvalue weighted by atomic mass is 10.2. The molecule has 2 aromatic heterocycles. The summed E-state index contributed by atoms with van der Waals surface area (Å²) < 4.78 is 1.73. The molecule has 0 radical (unpaired) electrons. The number of aryl methyl sites for hydroxylation is 1. The van der Waals surface area contributed by atoms with Crippen molar-refractivity contribution in [2.45, 2.75) is 13.5 Å². The number of benzene rings is 1. The summed E-state index contributed by atoms with van der Waals surface area (Å²) in [4.78, 5) is 16.6. The number of hydrogen-bond acceptors (Lipinski definition) is 4. The minimum atomic E-state index is -0.0591. The van der Waals surface area contributed by atoms with Gasteiger partial charge >= 0.3 is 0 Å². The van der Waals surface area contributed by atoms with Crippen LogP contribution in [0.25, 0.3) is 17.3 Å². The molecule has 0 amide bonds. The number of hydrogen-bond donors (Lipinski definition) is 0. The maximum Gasteiger partial charge on any atom is 0.189 e. The number of carbonyl (C=O) groups excluding carboxylic acids is 1. The van der Waals surface area contributed by atoms with Crippen LogP contribution >= 0.6 is 11.3 Å². The molecule has 1 aromatic carbocycles. The lowest BCUT2D eigenvalue weighted by molar-refractivity contribution is 0.104.